The van der Waals surface area contributed by atoms with E-state index in [2.05, 4.69) is 20.8 Å². The lowest BCUT2D eigenvalue weighted by Crippen LogP contribution is -2.19. The number of anilines is 2. The van der Waals surface area contributed by atoms with Gasteiger partial charge in [-0.15, -0.1) is 10.2 Å². The molecule has 2 N–H and O–H groups in total. The van der Waals surface area contributed by atoms with Crippen molar-refractivity contribution in [1.29, 1.82) is 0 Å². The lowest BCUT2D eigenvalue weighted by Gasteiger charge is -2.18. The molecule has 0 unspecified atom stereocenters. The molecule has 0 saturated carbocycles. The zero-order valence-electron chi connectivity index (χ0n) is 19.0. The second-order valence-electron chi connectivity index (χ2n) is 7.36. The lowest BCUT2D eigenvalue weighted by atomic mass is 10.2. The van der Waals surface area contributed by atoms with Gasteiger partial charge in [-0.3, -0.25) is 14.5 Å². The third-order valence-electron chi connectivity index (χ3n) is 4.83. The second kappa shape index (κ2) is 11.5. The second-order valence-corrected chi connectivity index (χ2v) is 8.29. The average molecular weight is 470 g/mol. The van der Waals surface area contributed by atoms with Crippen LogP contribution in [0.5, 0.6) is 5.75 Å². The minimum Gasteiger partial charge on any atom is -0.495 e. The van der Waals surface area contributed by atoms with Crippen molar-refractivity contribution in [3.8, 4) is 5.75 Å². The van der Waals surface area contributed by atoms with Crippen molar-refractivity contribution < 1.29 is 18.7 Å². The van der Waals surface area contributed by atoms with Gasteiger partial charge in [0.1, 0.15) is 5.75 Å². The van der Waals surface area contributed by atoms with Crippen LogP contribution in [0.2, 0.25) is 0 Å². The first-order chi connectivity index (χ1) is 15.9. The SMILES string of the molecule is CC[C@@H](c1nnc(SCC(=O)Nc2ccc(C(=O)Nc3ccccc3OC)cc2)o1)N(C)C. The number of methoxy groups -OCH3 is 1. The molecular weight excluding hydrogens is 442 g/mol. The minimum atomic E-state index is -0.275. The molecule has 3 aromatic rings. The molecule has 33 heavy (non-hydrogen) atoms. The highest BCUT2D eigenvalue weighted by atomic mass is 32.2. The number of aromatic nitrogens is 2. The number of nitrogens with zero attached hydrogens (tertiary/aromatic N) is 3. The number of ether oxygens (including phenoxy) is 1. The highest BCUT2D eigenvalue weighted by molar-refractivity contribution is 7.99. The van der Waals surface area contributed by atoms with Gasteiger partial charge in [0, 0.05) is 11.3 Å². The van der Waals surface area contributed by atoms with E-state index >= 15 is 0 Å². The summed E-state index contributed by atoms with van der Waals surface area (Å²) < 4.78 is 10.9. The Kier molecular flexibility index (Phi) is 8.45. The molecule has 1 atom stereocenters. The topological polar surface area (TPSA) is 110 Å². The summed E-state index contributed by atoms with van der Waals surface area (Å²) in [5.74, 6) is 0.741. The smallest absolute Gasteiger partial charge is 0.277 e. The normalized spacial score (nSPS) is 11.8. The fourth-order valence-corrected chi connectivity index (χ4v) is 3.72. The molecule has 0 aliphatic carbocycles. The van der Waals surface area contributed by atoms with E-state index in [4.69, 9.17) is 9.15 Å². The summed E-state index contributed by atoms with van der Waals surface area (Å²) >= 11 is 1.17. The van der Waals surface area contributed by atoms with Gasteiger partial charge in [0.25, 0.3) is 11.1 Å². The van der Waals surface area contributed by atoms with Crippen molar-refractivity contribution in [2.24, 2.45) is 0 Å². The molecule has 2 aromatic carbocycles. The molecule has 0 spiro atoms. The van der Waals surface area contributed by atoms with Gasteiger partial charge in [0.15, 0.2) is 0 Å². The maximum atomic E-state index is 12.5. The molecular formula is C23H27N5O4S. The number of thioether (sulfide) groups is 1. The van der Waals surface area contributed by atoms with Gasteiger partial charge < -0.3 is 19.8 Å². The quantitative estimate of drug-likeness (QED) is 0.428. The zero-order chi connectivity index (χ0) is 23.8. The van der Waals surface area contributed by atoms with E-state index in [9.17, 15) is 9.59 Å². The molecule has 0 bridgehead atoms. The van der Waals surface area contributed by atoms with Gasteiger partial charge in [0.2, 0.25) is 11.8 Å². The highest BCUT2D eigenvalue weighted by Gasteiger charge is 2.19. The number of carbonyl (C=O) groups is 2. The first kappa shape index (κ1) is 24.3. The maximum Gasteiger partial charge on any atom is 0.277 e. The van der Waals surface area contributed by atoms with Crippen LogP contribution in [0, 0.1) is 0 Å². The average Bonchev–Trinajstić information content (AvgIpc) is 3.27. The van der Waals surface area contributed by atoms with Crippen LogP contribution >= 0.6 is 11.8 Å². The molecule has 10 heteroatoms. The van der Waals surface area contributed by atoms with Gasteiger partial charge in [-0.2, -0.15) is 0 Å². The van der Waals surface area contributed by atoms with Gasteiger partial charge >= 0.3 is 0 Å². The third-order valence-corrected chi connectivity index (χ3v) is 5.65. The van der Waals surface area contributed by atoms with E-state index in [-0.39, 0.29) is 23.6 Å². The van der Waals surface area contributed by atoms with Gasteiger partial charge in [-0.25, -0.2) is 0 Å². The maximum absolute atomic E-state index is 12.5. The Morgan fingerprint density at radius 2 is 1.82 bits per heavy atom. The number of carbonyl (C=O) groups excluding carboxylic acids is 2. The van der Waals surface area contributed by atoms with E-state index in [1.807, 2.05) is 38.1 Å². The number of para-hydroxylation sites is 2. The number of amides is 2. The van der Waals surface area contributed by atoms with E-state index in [1.54, 1.807) is 43.5 Å². The Labute approximate surface area is 196 Å². The molecule has 0 aliphatic heterocycles. The van der Waals surface area contributed by atoms with Crippen LogP contribution in [-0.2, 0) is 4.79 Å². The highest BCUT2D eigenvalue weighted by Crippen LogP contribution is 2.25. The van der Waals surface area contributed by atoms with E-state index < -0.39 is 0 Å². The molecule has 2 amide bonds. The Morgan fingerprint density at radius 1 is 1.09 bits per heavy atom. The van der Waals surface area contributed by atoms with Crippen molar-refractivity contribution in [2.75, 3.05) is 37.6 Å². The van der Waals surface area contributed by atoms with Crippen molar-refractivity contribution in [3.63, 3.8) is 0 Å². The Bertz CT molecular complexity index is 1080. The Hall–Kier alpha value is -3.37. The molecule has 3 rings (SSSR count). The van der Waals surface area contributed by atoms with Crippen molar-refractivity contribution >= 4 is 35.0 Å². The number of nitrogens with one attached hydrogen (secondary N) is 2. The summed E-state index contributed by atoms with van der Waals surface area (Å²) in [6, 6.07) is 13.8. The molecule has 174 valence electrons. The standard InChI is InChI=1S/C23H27N5O4S/c1-5-18(28(2)3)22-26-27-23(32-22)33-14-20(29)24-16-12-10-15(11-13-16)21(30)25-17-8-6-7-9-19(17)31-4/h6-13,18H,5,14H2,1-4H3,(H,24,29)(H,25,30)/t18-/m0/s1. The van der Waals surface area contributed by atoms with Crippen LogP contribution in [0.15, 0.2) is 58.2 Å². The molecule has 0 fully saturated rings. The summed E-state index contributed by atoms with van der Waals surface area (Å²) in [5.41, 5.74) is 1.62. The fraction of sp³-hybridized carbons (Fsp3) is 0.304. The first-order valence-electron chi connectivity index (χ1n) is 10.4. The molecule has 0 radical (unpaired) electrons. The van der Waals surface area contributed by atoms with Crippen molar-refractivity contribution in [3.05, 3.63) is 60.0 Å². The van der Waals surface area contributed by atoms with Crippen LogP contribution in [0.1, 0.15) is 35.6 Å². The number of rotatable bonds is 10. The minimum absolute atomic E-state index is 0.0411. The van der Waals surface area contributed by atoms with Gasteiger partial charge in [0.05, 0.1) is 24.6 Å². The zero-order valence-corrected chi connectivity index (χ0v) is 19.8. The number of benzene rings is 2. The summed E-state index contributed by atoms with van der Waals surface area (Å²) in [5, 5.41) is 14.1. The monoisotopic (exact) mass is 469 g/mol. The van der Waals surface area contributed by atoms with Crippen LogP contribution in [-0.4, -0.2) is 53.9 Å². The molecule has 0 saturated heterocycles. The number of hydrogen-bond donors (Lipinski definition) is 2. The molecule has 9 nitrogen and oxygen atoms in total. The lowest BCUT2D eigenvalue weighted by molar-refractivity contribution is -0.113. The van der Waals surface area contributed by atoms with Crippen LogP contribution in [0.3, 0.4) is 0 Å². The van der Waals surface area contributed by atoms with Crippen molar-refractivity contribution in [1.82, 2.24) is 15.1 Å². The van der Waals surface area contributed by atoms with Crippen LogP contribution in [0.4, 0.5) is 11.4 Å². The molecule has 1 heterocycles. The third kappa shape index (κ3) is 6.56. The Balaban J connectivity index is 1.52. The van der Waals surface area contributed by atoms with Gasteiger partial charge in [-0.1, -0.05) is 30.8 Å². The predicted molar refractivity (Wildman–Crippen MR) is 128 cm³/mol. The van der Waals surface area contributed by atoms with E-state index in [1.165, 1.54) is 11.8 Å². The van der Waals surface area contributed by atoms with Crippen molar-refractivity contribution in [2.45, 2.75) is 24.6 Å². The summed E-state index contributed by atoms with van der Waals surface area (Å²) in [6.07, 6.45) is 0.840. The summed E-state index contributed by atoms with van der Waals surface area (Å²) in [6.45, 7) is 2.04. The number of hydrogen-bond acceptors (Lipinski definition) is 8. The summed E-state index contributed by atoms with van der Waals surface area (Å²) in [4.78, 5) is 26.8. The predicted octanol–water partition coefficient (Wildman–Crippen LogP) is 4.07. The van der Waals surface area contributed by atoms with Crippen LogP contribution in [0.25, 0.3) is 0 Å². The van der Waals surface area contributed by atoms with Gasteiger partial charge in [-0.05, 0) is 56.9 Å². The summed E-state index contributed by atoms with van der Waals surface area (Å²) in [7, 11) is 5.45. The van der Waals surface area contributed by atoms with E-state index in [0.717, 1.165) is 6.42 Å². The Morgan fingerprint density at radius 3 is 2.48 bits per heavy atom. The fourth-order valence-electron chi connectivity index (χ4n) is 3.15. The molecule has 1 aromatic heterocycles. The van der Waals surface area contributed by atoms with E-state index in [0.29, 0.717) is 33.8 Å². The molecule has 0 aliphatic rings. The first-order valence-corrected chi connectivity index (χ1v) is 11.4. The largest absolute Gasteiger partial charge is 0.495 e. The van der Waals surface area contributed by atoms with Crippen LogP contribution < -0.4 is 15.4 Å².